The van der Waals surface area contributed by atoms with Crippen molar-refractivity contribution < 1.29 is 8.42 Å². The van der Waals surface area contributed by atoms with Gasteiger partial charge in [-0.25, -0.2) is 4.68 Å². The molecule has 27 heavy (non-hydrogen) atoms. The van der Waals surface area contributed by atoms with Crippen molar-refractivity contribution in [1.82, 2.24) is 18.4 Å². The van der Waals surface area contributed by atoms with Gasteiger partial charge in [-0.05, 0) is 31.7 Å². The van der Waals surface area contributed by atoms with Crippen LogP contribution in [0.4, 0.5) is 0 Å². The SMILES string of the molecule is O=c1ccc(-c2ccccc2)nn1C1CCN(S(=O)(=O)N2CCCC2)CC1. The van der Waals surface area contributed by atoms with E-state index >= 15 is 0 Å². The summed E-state index contributed by atoms with van der Waals surface area (Å²) in [6.07, 6.45) is 3.05. The van der Waals surface area contributed by atoms with Gasteiger partial charge in [0.25, 0.3) is 15.8 Å². The monoisotopic (exact) mass is 388 g/mol. The maximum absolute atomic E-state index is 12.7. The molecule has 0 unspecified atom stereocenters. The van der Waals surface area contributed by atoms with Crippen molar-refractivity contribution in [2.75, 3.05) is 26.2 Å². The summed E-state index contributed by atoms with van der Waals surface area (Å²) < 4.78 is 30.1. The first-order chi connectivity index (χ1) is 13.1. The van der Waals surface area contributed by atoms with E-state index in [1.165, 1.54) is 4.68 Å². The zero-order valence-corrected chi connectivity index (χ0v) is 16.0. The average molecular weight is 388 g/mol. The van der Waals surface area contributed by atoms with Gasteiger partial charge in [-0.3, -0.25) is 4.79 Å². The van der Waals surface area contributed by atoms with Crippen LogP contribution in [0.3, 0.4) is 0 Å². The van der Waals surface area contributed by atoms with Crippen LogP contribution in [0.25, 0.3) is 11.3 Å². The van der Waals surface area contributed by atoms with Crippen molar-refractivity contribution in [3.63, 3.8) is 0 Å². The van der Waals surface area contributed by atoms with Crippen molar-refractivity contribution in [3.8, 4) is 11.3 Å². The largest absolute Gasteiger partial charge is 0.281 e. The van der Waals surface area contributed by atoms with E-state index < -0.39 is 10.2 Å². The summed E-state index contributed by atoms with van der Waals surface area (Å²) in [5.74, 6) is 0. The first-order valence-electron chi connectivity index (χ1n) is 9.46. The lowest BCUT2D eigenvalue weighted by atomic mass is 10.1. The van der Waals surface area contributed by atoms with E-state index in [0.29, 0.717) is 39.0 Å². The highest BCUT2D eigenvalue weighted by Gasteiger charge is 2.35. The van der Waals surface area contributed by atoms with Crippen molar-refractivity contribution in [1.29, 1.82) is 0 Å². The molecule has 0 spiro atoms. The minimum Gasteiger partial charge on any atom is -0.268 e. The second-order valence-corrected chi connectivity index (χ2v) is 9.04. The van der Waals surface area contributed by atoms with Gasteiger partial charge in [-0.1, -0.05) is 30.3 Å². The third kappa shape index (κ3) is 3.69. The standard InChI is InChI=1S/C19H24N4O3S/c24-19-9-8-18(16-6-2-1-3-7-16)20-23(19)17-10-14-22(15-11-17)27(25,26)21-12-4-5-13-21/h1-3,6-9,17H,4-5,10-15H2. The van der Waals surface area contributed by atoms with Gasteiger partial charge in [0, 0.05) is 37.8 Å². The zero-order valence-electron chi connectivity index (χ0n) is 15.2. The molecular formula is C19H24N4O3S. The summed E-state index contributed by atoms with van der Waals surface area (Å²) >= 11 is 0. The summed E-state index contributed by atoms with van der Waals surface area (Å²) in [4.78, 5) is 12.3. The quantitative estimate of drug-likeness (QED) is 0.802. The van der Waals surface area contributed by atoms with Crippen LogP contribution in [-0.2, 0) is 10.2 Å². The molecule has 0 amide bonds. The number of hydrogen-bond acceptors (Lipinski definition) is 4. The molecule has 2 aromatic rings. The summed E-state index contributed by atoms with van der Waals surface area (Å²) in [6, 6.07) is 12.9. The molecule has 0 saturated carbocycles. The van der Waals surface area contributed by atoms with Crippen LogP contribution < -0.4 is 5.56 Å². The Morgan fingerprint density at radius 3 is 2.15 bits per heavy atom. The first kappa shape index (κ1) is 18.3. The molecule has 3 heterocycles. The lowest BCUT2D eigenvalue weighted by Crippen LogP contribution is -2.47. The Labute approximate surface area is 159 Å². The topological polar surface area (TPSA) is 75.5 Å². The van der Waals surface area contributed by atoms with Gasteiger partial charge in [-0.2, -0.15) is 22.1 Å². The fourth-order valence-corrected chi connectivity index (χ4v) is 5.57. The third-order valence-electron chi connectivity index (χ3n) is 5.38. The van der Waals surface area contributed by atoms with E-state index in [2.05, 4.69) is 5.10 Å². The van der Waals surface area contributed by atoms with Gasteiger partial charge in [-0.15, -0.1) is 0 Å². The van der Waals surface area contributed by atoms with Crippen molar-refractivity contribution in [2.24, 2.45) is 0 Å². The normalized spacial score (nSPS) is 20.1. The Balaban J connectivity index is 1.51. The van der Waals surface area contributed by atoms with Crippen molar-refractivity contribution in [3.05, 3.63) is 52.8 Å². The van der Waals surface area contributed by atoms with E-state index in [1.54, 1.807) is 20.7 Å². The van der Waals surface area contributed by atoms with Crippen LogP contribution in [0.2, 0.25) is 0 Å². The maximum atomic E-state index is 12.7. The number of aromatic nitrogens is 2. The highest BCUT2D eigenvalue weighted by Crippen LogP contribution is 2.26. The van der Waals surface area contributed by atoms with Gasteiger partial charge < -0.3 is 0 Å². The maximum Gasteiger partial charge on any atom is 0.281 e. The molecule has 2 aliphatic rings. The fraction of sp³-hybridized carbons (Fsp3) is 0.474. The summed E-state index contributed by atoms with van der Waals surface area (Å²) in [7, 11) is -3.37. The molecule has 0 aliphatic carbocycles. The molecule has 0 bridgehead atoms. The van der Waals surface area contributed by atoms with Gasteiger partial charge in [0.15, 0.2) is 0 Å². The Morgan fingerprint density at radius 1 is 0.852 bits per heavy atom. The molecular weight excluding hydrogens is 364 g/mol. The van der Waals surface area contributed by atoms with Crippen LogP contribution >= 0.6 is 0 Å². The molecule has 4 rings (SSSR count). The molecule has 7 nitrogen and oxygen atoms in total. The second-order valence-electron chi connectivity index (χ2n) is 7.11. The molecule has 2 fully saturated rings. The Bertz CT molecular complexity index is 944. The van der Waals surface area contributed by atoms with Crippen LogP contribution in [0.1, 0.15) is 31.7 Å². The van der Waals surface area contributed by atoms with Crippen LogP contribution in [0.5, 0.6) is 0 Å². The van der Waals surface area contributed by atoms with E-state index in [9.17, 15) is 13.2 Å². The Kier molecular flexibility index (Phi) is 5.12. The number of rotatable bonds is 4. The number of nitrogens with zero attached hydrogens (tertiary/aromatic N) is 4. The minimum atomic E-state index is -3.37. The van der Waals surface area contributed by atoms with Gasteiger partial charge in [0.2, 0.25) is 0 Å². The summed E-state index contributed by atoms with van der Waals surface area (Å²) in [5, 5.41) is 4.56. The second kappa shape index (κ2) is 7.53. The highest BCUT2D eigenvalue weighted by molar-refractivity contribution is 7.86. The van der Waals surface area contributed by atoms with Crippen molar-refractivity contribution in [2.45, 2.75) is 31.7 Å². The smallest absolute Gasteiger partial charge is 0.268 e. The van der Waals surface area contributed by atoms with Gasteiger partial charge >= 0.3 is 0 Å². The Morgan fingerprint density at radius 2 is 1.48 bits per heavy atom. The molecule has 0 N–H and O–H groups in total. The van der Waals surface area contributed by atoms with Crippen molar-refractivity contribution >= 4 is 10.2 Å². The fourth-order valence-electron chi connectivity index (χ4n) is 3.85. The predicted octanol–water partition coefficient (Wildman–Crippen LogP) is 1.89. The molecule has 2 aliphatic heterocycles. The van der Waals surface area contributed by atoms with Crippen LogP contribution in [0, 0.1) is 0 Å². The summed E-state index contributed by atoms with van der Waals surface area (Å²) in [5.41, 5.74) is 1.57. The minimum absolute atomic E-state index is 0.0776. The zero-order chi connectivity index (χ0) is 18.9. The van der Waals surface area contributed by atoms with E-state index in [0.717, 1.165) is 24.1 Å². The predicted molar refractivity (Wildman–Crippen MR) is 104 cm³/mol. The van der Waals surface area contributed by atoms with Gasteiger partial charge in [0.1, 0.15) is 0 Å². The molecule has 144 valence electrons. The van der Waals surface area contributed by atoms with Crippen LogP contribution in [0.15, 0.2) is 47.3 Å². The first-order valence-corrected chi connectivity index (χ1v) is 10.9. The highest BCUT2D eigenvalue weighted by atomic mass is 32.2. The van der Waals surface area contributed by atoms with E-state index in [4.69, 9.17) is 0 Å². The lowest BCUT2D eigenvalue weighted by Gasteiger charge is -2.33. The van der Waals surface area contributed by atoms with Gasteiger partial charge in [0.05, 0.1) is 11.7 Å². The lowest BCUT2D eigenvalue weighted by molar-refractivity contribution is 0.244. The molecule has 0 atom stereocenters. The third-order valence-corrected chi connectivity index (χ3v) is 7.42. The summed E-state index contributed by atoms with van der Waals surface area (Å²) in [6.45, 7) is 2.07. The van der Waals surface area contributed by atoms with E-state index in [-0.39, 0.29) is 11.6 Å². The molecule has 2 saturated heterocycles. The number of benzene rings is 1. The Hall–Kier alpha value is -2.03. The molecule has 1 aromatic carbocycles. The van der Waals surface area contributed by atoms with E-state index in [1.807, 2.05) is 30.3 Å². The number of hydrogen-bond donors (Lipinski definition) is 0. The molecule has 8 heteroatoms. The number of piperidine rings is 1. The average Bonchev–Trinajstić information content (AvgIpc) is 3.25. The molecule has 0 radical (unpaired) electrons. The van der Waals surface area contributed by atoms with Crippen LogP contribution in [-0.4, -0.2) is 53.0 Å². The molecule has 1 aromatic heterocycles.